The molecule has 2 amide bonds. The van der Waals surface area contributed by atoms with Crippen LogP contribution in [0.3, 0.4) is 0 Å². The topological polar surface area (TPSA) is 53.2 Å². The lowest BCUT2D eigenvalue weighted by Gasteiger charge is -2.20. The highest BCUT2D eigenvalue weighted by molar-refractivity contribution is 5.74. The van der Waals surface area contributed by atoms with Crippen LogP contribution in [-0.2, 0) is 0 Å². The van der Waals surface area contributed by atoms with Crippen LogP contribution in [0.1, 0.15) is 20.8 Å². The second-order valence-corrected chi connectivity index (χ2v) is 3.73. The Labute approximate surface area is 74.1 Å². The summed E-state index contributed by atoms with van der Waals surface area (Å²) < 4.78 is 0. The van der Waals surface area contributed by atoms with Crippen LogP contribution in [0.15, 0.2) is 0 Å². The summed E-state index contributed by atoms with van der Waals surface area (Å²) in [6, 6.07) is -0.113. The van der Waals surface area contributed by atoms with E-state index in [4.69, 9.17) is 0 Å². The molecule has 0 rings (SSSR count). The predicted molar refractivity (Wildman–Crippen MR) is 50.2 cm³/mol. The van der Waals surface area contributed by atoms with Gasteiger partial charge in [-0.3, -0.25) is 0 Å². The number of rotatable bonds is 3. The van der Waals surface area contributed by atoms with Crippen LogP contribution in [0, 0.1) is 0 Å². The number of hydrogen-bond acceptors (Lipinski definition) is 2. The van der Waals surface area contributed by atoms with Crippen LogP contribution in [0.4, 0.5) is 4.79 Å². The molecule has 0 radical (unpaired) electrons. The van der Waals surface area contributed by atoms with Gasteiger partial charge in [0.1, 0.15) is 0 Å². The van der Waals surface area contributed by atoms with Crippen LogP contribution >= 0.6 is 0 Å². The minimum absolute atomic E-state index is 0.113. The average Bonchev–Trinajstić information content (AvgIpc) is 1.84. The average molecular weight is 173 g/mol. The highest BCUT2D eigenvalue weighted by Gasteiger charge is 2.12. The van der Waals surface area contributed by atoms with Gasteiger partial charge in [-0.05, 0) is 27.8 Å². The molecule has 0 unspecified atom stereocenters. The van der Waals surface area contributed by atoms with Crippen molar-refractivity contribution in [3.05, 3.63) is 0 Å². The molecular weight excluding hydrogens is 154 g/mol. The first-order chi connectivity index (χ1) is 5.45. The maximum absolute atomic E-state index is 11.1. The molecule has 0 atom stereocenters. The van der Waals surface area contributed by atoms with Gasteiger partial charge >= 0.3 is 6.03 Å². The monoisotopic (exact) mass is 173 g/mol. The first-order valence-electron chi connectivity index (χ1n) is 4.16. The van der Waals surface area contributed by atoms with Crippen LogP contribution in [-0.4, -0.2) is 31.7 Å². The van der Waals surface area contributed by atoms with E-state index in [1.54, 1.807) is 0 Å². The van der Waals surface area contributed by atoms with E-state index < -0.39 is 0 Å². The van der Waals surface area contributed by atoms with Gasteiger partial charge < -0.3 is 16.0 Å². The summed E-state index contributed by atoms with van der Waals surface area (Å²) in [7, 11) is 1.85. The van der Waals surface area contributed by atoms with Crippen molar-refractivity contribution in [1.82, 2.24) is 16.0 Å². The largest absolute Gasteiger partial charge is 0.337 e. The SMILES string of the molecule is CNCCNC(=O)NC(C)(C)C. The second kappa shape index (κ2) is 4.98. The fourth-order valence-electron chi connectivity index (χ4n) is 0.686. The van der Waals surface area contributed by atoms with Gasteiger partial charge in [0.15, 0.2) is 0 Å². The van der Waals surface area contributed by atoms with Crippen LogP contribution in [0.25, 0.3) is 0 Å². The summed E-state index contributed by atoms with van der Waals surface area (Å²) in [5.41, 5.74) is -0.163. The zero-order valence-electron chi connectivity index (χ0n) is 8.32. The molecule has 0 saturated heterocycles. The fraction of sp³-hybridized carbons (Fsp3) is 0.875. The Morgan fingerprint density at radius 1 is 1.25 bits per heavy atom. The molecule has 3 N–H and O–H groups in total. The third-order valence-electron chi connectivity index (χ3n) is 1.15. The highest BCUT2D eigenvalue weighted by atomic mass is 16.2. The first kappa shape index (κ1) is 11.2. The van der Waals surface area contributed by atoms with E-state index in [9.17, 15) is 4.79 Å². The number of nitrogens with one attached hydrogen (secondary N) is 3. The molecular formula is C8H19N3O. The zero-order chi connectivity index (χ0) is 9.61. The molecule has 0 aliphatic rings. The Hall–Kier alpha value is -0.770. The molecule has 0 fully saturated rings. The van der Waals surface area contributed by atoms with E-state index in [2.05, 4.69) is 16.0 Å². The molecule has 0 heterocycles. The Morgan fingerprint density at radius 3 is 2.25 bits per heavy atom. The van der Waals surface area contributed by atoms with E-state index in [1.165, 1.54) is 0 Å². The lowest BCUT2D eigenvalue weighted by molar-refractivity contribution is 0.232. The fourth-order valence-corrected chi connectivity index (χ4v) is 0.686. The number of amides is 2. The van der Waals surface area contributed by atoms with Crippen molar-refractivity contribution in [3.8, 4) is 0 Å². The number of likely N-dealkylation sites (N-methyl/N-ethyl adjacent to an activating group) is 1. The van der Waals surface area contributed by atoms with Crippen molar-refractivity contribution in [1.29, 1.82) is 0 Å². The maximum atomic E-state index is 11.1. The number of urea groups is 1. The molecule has 0 aromatic carbocycles. The maximum Gasteiger partial charge on any atom is 0.315 e. The molecule has 0 aromatic rings. The van der Waals surface area contributed by atoms with Crippen molar-refractivity contribution < 1.29 is 4.79 Å². The van der Waals surface area contributed by atoms with Gasteiger partial charge in [0, 0.05) is 18.6 Å². The van der Waals surface area contributed by atoms with Crippen LogP contribution < -0.4 is 16.0 Å². The second-order valence-electron chi connectivity index (χ2n) is 3.73. The van der Waals surface area contributed by atoms with E-state index in [0.717, 1.165) is 6.54 Å². The lowest BCUT2D eigenvalue weighted by atomic mass is 10.1. The molecule has 72 valence electrons. The van der Waals surface area contributed by atoms with Crippen LogP contribution in [0.2, 0.25) is 0 Å². The summed E-state index contributed by atoms with van der Waals surface area (Å²) in [5.74, 6) is 0. The Kier molecular flexibility index (Phi) is 4.66. The van der Waals surface area contributed by atoms with Crippen LogP contribution in [0.5, 0.6) is 0 Å². The molecule has 0 saturated carbocycles. The first-order valence-corrected chi connectivity index (χ1v) is 4.16. The van der Waals surface area contributed by atoms with Crippen molar-refractivity contribution in [2.45, 2.75) is 26.3 Å². The molecule has 12 heavy (non-hydrogen) atoms. The summed E-state index contributed by atoms with van der Waals surface area (Å²) >= 11 is 0. The van der Waals surface area contributed by atoms with E-state index in [0.29, 0.717) is 6.54 Å². The summed E-state index contributed by atoms with van der Waals surface area (Å²) in [6.07, 6.45) is 0. The van der Waals surface area contributed by atoms with Crippen molar-refractivity contribution in [3.63, 3.8) is 0 Å². The van der Waals surface area contributed by atoms with Gasteiger partial charge in [0.2, 0.25) is 0 Å². The quantitative estimate of drug-likeness (QED) is 0.538. The van der Waals surface area contributed by atoms with Gasteiger partial charge in [0.05, 0.1) is 0 Å². The number of carbonyl (C=O) groups is 1. The molecule has 0 aliphatic carbocycles. The number of carbonyl (C=O) groups excluding carboxylic acids is 1. The van der Waals surface area contributed by atoms with Crippen molar-refractivity contribution >= 4 is 6.03 Å². The van der Waals surface area contributed by atoms with Crippen molar-refractivity contribution in [2.24, 2.45) is 0 Å². The standard InChI is InChI=1S/C8H19N3O/c1-8(2,3)11-7(12)10-6-5-9-4/h9H,5-6H2,1-4H3,(H2,10,11,12). The minimum Gasteiger partial charge on any atom is -0.337 e. The van der Waals surface area contributed by atoms with Gasteiger partial charge in [-0.1, -0.05) is 0 Å². The minimum atomic E-state index is -0.163. The van der Waals surface area contributed by atoms with E-state index >= 15 is 0 Å². The predicted octanol–water partition coefficient (Wildman–Crippen LogP) is 0.304. The van der Waals surface area contributed by atoms with Crippen molar-refractivity contribution in [2.75, 3.05) is 20.1 Å². The van der Waals surface area contributed by atoms with Gasteiger partial charge in [-0.2, -0.15) is 0 Å². The molecule has 4 nitrogen and oxygen atoms in total. The Morgan fingerprint density at radius 2 is 1.83 bits per heavy atom. The molecule has 0 aliphatic heterocycles. The molecule has 0 aromatic heterocycles. The molecule has 0 bridgehead atoms. The van der Waals surface area contributed by atoms with E-state index in [1.807, 2.05) is 27.8 Å². The molecule has 4 heteroatoms. The number of hydrogen-bond donors (Lipinski definition) is 3. The third-order valence-corrected chi connectivity index (χ3v) is 1.15. The summed E-state index contributed by atoms with van der Waals surface area (Å²) in [5, 5.41) is 8.47. The Balaban J connectivity index is 3.47. The van der Waals surface area contributed by atoms with Gasteiger partial charge in [-0.15, -0.1) is 0 Å². The summed E-state index contributed by atoms with van der Waals surface area (Å²) in [4.78, 5) is 11.1. The van der Waals surface area contributed by atoms with E-state index in [-0.39, 0.29) is 11.6 Å². The normalized spacial score (nSPS) is 11.0. The lowest BCUT2D eigenvalue weighted by Crippen LogP contribution is -2.47. The smallest absolute Gasteiger partial charge is 0.315 e. The Bertz CT molecular complexity index is 140. The van der Waals surface area contributed by atoms with Gasteiger partial charge in [0.25, 0.3) is 0 Å². The zero-order valence-corrected chi connectivity index (χ0v) is 8.32. The summed E-state index contributed by atoms with van der Waals surface area (Å²) in [6.45, 7) is 7.29. The third kappa shape index (κ3) is 7.34. The van der Waals surface area contributed by atoms with Gasteiger partial charge in [-0.25, -0.2) is 4.79 Å². The molecule has 0 spiro atoms. The highest BCUT2D eigenvalue weighted by Crippen LogP contribution is 1.96.